The first-order chi connectivity index (χ1) is 11.6. The number of methoxy groups -OCH3 is 1. The summed E-state index contributed by atoms with van der Waals surface area (Å²) in [6.07, 6.45) is 4.29. The maximum absolute atomic E-state index is 12.1. The van der Waals surface area contributed by atoms with Gasteiger partial charge in [-0.3, -0.25) is 0 Å². The van der Waals surface area contributed by atoms with Crippen molar-refractivity contribution in [2.24, 2.45) is 5.92 Å². The first kappa shape index (κ1) is 18.4. The van der Waals surface area contributed by atoms with Crippen molar-refractivity contribution in [3.63, 3.8) is 0 Å². The van der Waals surface area contributed by atoms with Crippen LogP contribution in [-0.4, -0.2) is 80.9 Å². The van der Waals surface area contributed by atoms with Gasteiger partial charge in [-0.25, -0.2) is 14.8 Å². The van der Waals surface area contributed by atoms with Gasteiger partial charge in [0, 0.05) is 58.2 Å². The predicted octanol–water partition coefficient (Wildman–Crippen LogP) is 0.179. The minimum Gasteiger partial charge on any atom is -0.385 e. The molecule has 2 N–H and O–H groups in total. The smallest absolute Gasteiger partial charge is 0.315 e. The number of nitrogens with one attached hydrogen (secondary N) is 2. The van der Waals surface area contributed by atoms with E-state index in [0.717, 1.165) is 19.5 Å². The highest BCUT2D eigenvalue weighted by molar-refractivity contribution is 5.74. The maximum atomic E-state index is 12.1. The van der Waals surface area contributed by atoms with Crippen LogP contribution in [0.4, 0.5) is 10.7 Å². The third-order valence-corrected chi connectivity index (χ3v) is 4.00. The number of carbonyl (C=O) groups excluding carboxylic acids is 1. The molecule has 2 rings (SSSR count). The Bertz CT molecular complexity index is 499. The zero-order chi connectivity index (χ0) is 17.4. The van der Waals surface area contributed by atoms with Crippen LogP contribution in [0.1, 0.15) is 6.42 Å². The van der Waals surface area contributed by atoms with Gasteiger partial charge in [0.05, 0.1) is 6.04 Å². The molecule has 134 valence electrons. The molecule has 24 heavy (non-hydrogen) atoms. The average Bonchev–Trinajstić information content (AvgIpc) is 2.94. The second-order valence-electron chi connectivity index (χ2n) is 6.33. The molecule has 1 aliphatic heterocycles. The third kappa shape index (κ3) is 5.61. The molecule has 0 saturated carbocycles. The summed E-state index contributed by atoms with van der Waals surface area (Å²) in [4.78, 5) is 25.0. The van der Waals surface area contributed by atoms with E-state index in [2.05, 4.69) is 30.4 Å². The van der Waals surface area contributed by atoms with Gasteiger partial charge < -0.3 is 25.2 Å². The van der Waals surface area contributed by atoms with Gasteiger partial charge in [0.25, 0.3) is 0 Å². The van der Waals surface area contributed by atoms with Gasteiger partial charge >= 0.3 is 6.03 Å². The van der Waals surface area contributed by atoms with E-state index in [1.165, 1.54) is 0 Å². The summed E-state index contributed by atoms with van der Waals surface area (Å²) in [7, 11) is 5.75. The van der Waals surface area contributed by atoms with Crippen molar-refractivity contribution in [1.82, 2.24) is 25.5 Å². The van der Waals surface area contributed by atoms with Gasteiger partial charge in [-0.2, -0.15) is 0 Å². The predicted molar refractivity (Wildman–Crippen MR) is 93.1 cm³/mol. The first-order valence-corrected chi connectivity index (χ1v) is 8.30. The molecular weight excluding hydrogens is 308 g/mol. The van der Waals surface area contributed by atoms with E-state index in [1.54, 1.807) is 25.6 Å². The average molecular weight is 336 g/mol. The van der Waals surface area contributed by atoms with Crippen LogP contribution in [0.5, 0.6) is 0 Å². The highest BCUT2D eigenvalue weighted by Crippen LogP contribution is 2.21. The van der Waals surface area contributed by atoms with Crippen molar-refractivity contribution in [2.75, 3.05) is 58.9 Å². The summed E-state index contributed by atoms with van der Waals surface area (Å²) < 4.78 is 4.98. The van der Waals surface area contributed by atoms with Crippen LogP contribution >= 0.6 is 0 Å². The van der Waals surface area contributed by atoms with Gasteiger partial charge in [-0.15, -0.1) is 0 Å². The van der Waals surface area contributed by atoms with Crippen LogP contribution in [0.25, 0.3) is 0 Å². The fraction of sp³-hybridized carbons (Fsp3) is 0.688. The molecule has 0 spiro atoms. The van der Waals surface area contributed by atoms with Crippen molar-refractivity contribution in [3.05, 3.63) is 18.5 Å². The Hall–Kier alpha value is -1.93. The molecule has 2 amide bonds. The highest BCUT2D eigenvalue weighted by atomic mass is 16.5. The second-order valence-corrected chi connectivity index (χ2v) is 6.33. The molecule has 2 heterocycles. The van der Waals surface area contributed by atoms with Gasteiger partial charge in [0.1, 0.15) is 0 Å². The lowest BCUT2D eigenvalue weighted by atomic mass is 10.0. The lowest BCUT2D eigenvalue weighted by Crippen LogP contribution is -2.47. The number of amides is 2. The molecule has 1 aromatic rings. The summed E-state index contributed by atoms with van der Waals surface area (Å²) >= 11 is 0. The van der Waals surface area contributed by atoms with Gasteiger partial charge in [-0.05, 0) is 26.6 Å². The van der Waals surface area contributed by atoms with E-state index in [-0.39, 0.29) is 12.1 Å². The third-order valence-electron chi connectivity index (χ3n) is 4.00. The first-order valence-electron chi connectivity index (χ1n) is 8.30. The number of anilines is 1. The second kappa shape index (κ2) is 9.39. The Morgan fingerprint density at radius 3 is 2.79 bits per heavy atom. The molecule has 1 aliphatic rings. The standard InChI is InChI=1S/C16H28N6O2/c1-21(2)10-13-11-22(15-17-6-4-7-18-15)12-14(13)20-16(23)19-8-5-9-24-3/h4,6-7,13-14H,5,8-12H2,1-3H3,(H2,19,20,23)/t13-,14-/m1/s1. The van der Waals surface area contributed by atoms with E-state index in [1.807, 2.05) is 14.1 Å². The number of carbonyl (C=O) groups is 1. The van der Waals surface area contributed by atoms with Crippen LogP contribution < -0.4 is 15.5 Å². The van der Waals surface area contributed by atoms with Crippen LogP contribution in [0.3, 0.4) is 0 Å². The van der Waals surface area contributed by atoms with Crippen LogP contribution in [-0.2, 0) is 4.74 Å². The van der Waals surface area contributed by atoms with Gasteiger partial charge in [-0.1, -0.05) is 0 Å². The van der Waals surface area contributed by atoms with E-state index in [0.29, 0.717) is 31.6 Å². The van der Waals surface area contributed by atoms with Crippen LogP contribution in [0.15, 0.2) is 18.5 Å². The molecule has 8 nitrogen and oxygen atoms in total. The monoisotopic (exact) mass is 336 g/mol. The minimum absolute atomic E-state index is 0.0682. The molecule has 2 atom stereocenters. The van der Waals surface area contributed by atoms with E-state index in [4.69, 9.17) is 4.74 Å². The molecule has 0 aliphatic carbocycles. The van der Waals surface area contributed by atoms with Crippen LogP contribution in [0, 0.1) is 5.92 Å². The molecule has 8 heteroatoms. The number of hydrogen-bond acceptors (Lipinski definition) is 6. The molecule has 0 aromatic carbocycles. The highest BCUT2D eigenvalue weighted by Gasteiger charge is 2.35. The zero-order valence-corrected chi connectivity index (χ0v) is 14.7. The number of nitrogens with zero attached hydrogens (tertiary/aromatic N) is 4. The normalized spacial score (nSPS) is 20.4. The number of aromatic nitrogens is 2. The Morgan fingerprint density at radius 1 is 1.38 bits per heavy atom. The fourth-order valence-corrected chi connectivity index (χ4v) is 2.94. The molecule has 0 bridgehead atoms. The van der Waals surface area contributed by atoms with E-state index >= 15 is 0 Å². The summed E-state index contributed by atoms with van der Waals surface area (Å²) in [6.45, 7) is 3.70. The molecule has 0 unspecified atom stereocenters. The quantitative estimate of drug-likeness (QED) is 0.659. The Kier molecular flexibility index (Phi) is 7.20. The van der Waals surface area contributed by atoms with Crippen molar-refractivity contribution in [3.8, 4) is 0 Å². The van der Waals surface area contributed by atoms with Crippen molar-refractivity contribution < 1.29 is 9.53 Å². The summed E-state index contributed by atoms with van der Waals surface area (Å²) in [5, 5.41) is 5.98. The van der Waals surface area contributed by atoms with E-state index < -0.39 is 0 Å². The minimum atomic E-state index is -0.129. The van der Waals surface area contributed by atoms with Gasteiger partial charge in [0.15, 0.2) is 0 Å². The fourth-order valence-electron chi connectivity index (χ4n) is 2.94. The zero-order valence-electron chi connectivity index (χ0n) is 14.7. The number of rotatable bonds is 8. The summed E-state index contributed by atoms with van der Waals surface area (Å²) in [6, 6.07) is 1.74. The van der Waals surface area contributed by atoms with E-state index in [9.17, 15) is 4.79 Å². The Morgan fingerprint density at radius 2 is 2.12 bits per heavy atom. The lowest BCUT2D eigenvalue weighted by molar-refractivity contribution is 0.193. The maximum Gasteiger partial charge on any atom is 0.315 e. The molecule has 1 aromatic heterocycles. The number of hydrogen-bond donors (Lipinski definition) is 2. The molecular formula is C16H28N6O2. The molecule has 1 saturated heterocycles. The Labute approximate surface area is 143 Å². The lowest BCUT2D eigenvalue weighted by Gasteiger charge is -2.22. The number of ether oxygens (including phenoxy) is 1. The molecule has 0 radical (unpaired) electrons. The Balaban J connectivity index is 1.91. The van der Waals surface area contributed by atoms with Crippen molar-refractivity contribution >= 4 is 12.0 Å². The summed E-state index contributed by atoms with van der Waals surface area (Å²) in [5.41, 5.74) is 0. The largest absolute Gasteiger partial charge is 0.385 e. The number of urea groups is 1. The van der Waals surface area contributed by atoms with Gasteiger partial charge in [0.2, 0.25) is 5.95 Å². The summed E-state index contributed by atoms with van der Waals surface area (Å²) in [5.74, 6) is 1.04. The van der Waals surface area contributed by atoms with Crippen molar-refractivity contribution in [2.45, 2.75) is 12.5 Å². The topological polar surface area (TPSA) is 82.6 Å². The van der Waals surface area contributed by atoms with Crippen LogP contribution in [0.2, 0.25) is 0 Å². The molecule has 1 fully saturated rings. The van der Waals surface area contributed by atoms with Crippen molar-refractivity contribution in [1.29, 1.82) is 0 Å². The SMILES string of the molecule is COCCCNC(=O)N[C@@H]1CN(c2ncccn2)C[C@H]1CN(C)C.